The number of amides is 2. The fourth-order valence-electron chi connectivity index (χ4n) is 6.73. The van der Waals surface area contributed by atoms with Crippen LogP contribution in [0.15, 0.2) is 77.6 Å². The quantitative estimate of drug-likeness (QED) is 0.428. The van der Waals surface area contributed by atoms with Gasteiger partial charge in [0.25, 0.3) is 5.56 Å². The summed E-state index contributed by atoms with van der Waals surface area (Å²) in [5.41, 5.74) is 1.17. The molecule has 0 bridgehead atoms. The van der Waals surface area contributed by atoms with E-state index in [2.05, 4.69) is 5.32 Å². The average Bonchev–Trinajstić information content (AvgIpc) is 3.52. The lowest BCUT2D eigenvalue weighted by Gasteiger charge is -2.32. The largest absolute Gasteiger partial charge is 0.497 e. The first-order valence-electron chi connectivity index (χ1n) is 12.8. The predicted molar refractivity (Wildman–Crippen MR) is 142 cm³/mol. The highest BCUT2D eigenvalue weighted by molar-refractivity contribution is 6.23. The molecule has 3 aliphatic heterocycles. The Morgan fingerprint density at radius 2 is 1.71 bits per heavy atom. The van der Waals surface area contributed by atoms with Gasteiger partial charge in [0.15, 0.2) is 0 Å². The second-order valence-corrected chi connectivity index (χ2v) is 10.5. The number of imide groups is 1. The van der Waals surface area contributed by atoms with Gasteiger partial charge >= 0.3 is 0 Å². The van der Waals surface area contributed by atoms with Crippen LogP contribution in [0.5, 0.6) is 5.75 Å². The summed E-state index contributed by atoms with van der Waals surface area (Å²) in [5, 5.41) is 4.22. The fourth-order valence-corrected chi connectivity index (χ4v) is 6.73. The first-order valence-corrected chi connectivity index (χ1v) is 12.8. The molecule has 8 nitrogen and oxygen atoms in total. The summed E-state index contributed by atoms with van der Waals surface area (Å²) in [5.74, 6) is -0.922. The number of rotatable bonds is 3. The minimum atomic E-state index is -1.14. The van der Waals surface area contributed by atoms with Gasteiger partial charge in [0, 0.05) is 17.7 Å². The number of ether oxygens (including phenoxy) is 1. The van der Waals surface area contributed by atoms with Crippen LogP contribution in [0.4, 0.5) is 5.69 Å². The third kappa shape index (κ3) is 2.73. The maximum Gasteiger partial charge on any atom is 0.266 e. The van der Waals surface area contributed by atoms with Gasteiger partial charge in [0.2, 0.25) is 11.8 Å². The third-order valence-electron chi connectivity index (χ3n) is 8.33. The van der Waals surface area contributed by atoms with Crippen molar-refractivity contribution in [2.24, 2.45) is 17.8 Å². The molecule has 1 aromatic heterocycles. The van der Waals surface area contributed by atoms with Gasteiger partial charge < -0.3 is 4.74 Å². The van der Waals surface area contributed by atoms with Crippen molar-refractivity contribution in [3.05, 3.63) is 94.5 Å². The highest BCUT2D eigenvalue weighted by Crippen LogP contribution is 2.56. The molecule has 0 radical (unpaired) electrons. The van der Waals surface area contributed by atoms with Gasteiger partial charge in [-0.1, -0.05) is 50.2 Å². The zero-order chi connectivity index (χ0) is 26.3. The molecule has 8 heteroatoms. The number of nitrogens with zero attached hydrogens (tertiary/aromatic N) is 3. The highest BCUT2D eigenvalue weighted by atomic mass is 16.5. The molecule has 0 saturated carbocycles. The summed E-state index contributed by atoms with van der Waals surface area (Å²) in [7, 11) is 1.55. The molecular weight excluding hydrogens is 480 g/mol. The number of carbonyl (C=O) groups excluding carboxylic acids is 2. The van der Waals surface area contributed by atoms with E-state index in [-0.39, 0.29) is 29.3 Å². The lowest BCUT2D eigenvalue weighted by atomic mass is 9.75. The Bertz CT molecular complexity index is 1730. The highest BCUT2D eigenvalue weighted by Gasteiger charge is 2.70. The Morgan fingerprint density at radius 3 is 2.50 bits per heavy atom. The van der Waals surface area contributed by atoms with Gasteiger partial charge in [-0.05, 0) is 36.2 Å². The molecule has 0 unspecified atom stereocenters. The molecule has 0 aliphatic carbocycles. The third-order valence-corrected chi connectivity index (χ3v) is 8.33. The molecule has 7 rings (SSSR count). The summed E-state index contributed by atoms with van der Waals surface area (Å²) in [6, 6.07) is 21.5. The van der Waals surface area contributed by atoms with Gasteiger partial charge in [-0.25, -0.2) is 9.88 Å². The Labute approximate surface area is 218 Å². The SMILES string of the molecule is COc1cccc(N2C(=O)[C@H]3[C@@H](C(C)C)N[C@@]4(c5ccccc5-n5c4nc4ccccc4c5=O)[C@H]3C2=O)c1. The van der Waals surface area contributed by atoms with Crippen LogP contribution in [0.1, 0.15) is 25.2 Å². The van der Waals surface area contributed by atoms with Crippen LogP contribution in [0.2, 0.25) is 0 Å². The van der Waals surface area contributed by atoms with Gasteiger partial charge in [0.1, 0.15) is 17.1 Å². The van der Waals surface area contributed by atoms with Crippen LogP contribution in [-0.4, -0.2) is 34.5 Å². The van der Waals surface area contributed by atoms with Crippen molar-refractivity contribution in [1.29, 1.82) is 0 Å². The van der Waals surface area contributed by atoms with Crippen molar-refractivity contribution < 1.29 is 14.3 Å². The number of carbonyl (C=O) groups is 2. The van der Waals surface area contributed by atoms with Crippen molar-refractivity contribution in [2.45, 2.75) is 25.4 Å². The van der Waals surface area contributed by atoms with E-state index in [0.717, 1.165) is 5.56 Å². The van der Waals surface area contributed by atoms with Gasteiger partial charge in [-0.2, -0.15) is 0 Å². The molecule has 2 saturated heterocycles. The number of nitrogens with one attached hydrogen (secondary N) is 1. The Balaban J connectivity index is 1.52. The second-order valence-electron chi connectivity index (χ2n) is 10.5. The lowest BCUT2D eigenvalue weighted by molar-refractivity contribution is -0.123. The molecule has 3 aliphatic rings. The summed E-state index contributed by atoms with van der Waals surface area (Å²) in [4.78, 5) is 48.6. The molecular formula is C30H26N4O4. The Morgan fingerprint density at radius 1 is 0.947 bits per heavy atom. The molecule has 1 spiro atoms. The molecule has 4 atom stereocenters. The summed E-state index contributed by atoms with van der Waals surface area (Å²) < 4.78 is 6.99. The summed E-state index contributed by atoms with van der Waals surface area (Å²) in [6.45, 7) is 4.09. The van der Waals surface area contributed by atoms with E-state index >= 15 is 0 Å². The summed E-state index contributed by atoms with van der Waals surface area (Å²) in [6.07, 6.45) is 0. The Hall–Kier alpha value is -4.30. The Kier molecular flexibility index (Phi) is 4.72. The monoisotopic (exact) mass is 506 g/mol. The van der Waals surface area contributed by atoms with Crippen molar-refractivity contribution in [3.63, 3.8) is 0 Å². The van der Waals surface area contributed by atoms with Crippen LogP contribution in [0, 0.1) is 17.8 Å². The summed E-state index contributed by atoms with van der Waals surface area (Å²) >= 11 is 0. The van der Waals surface area contributed by atoms with Crippen LogP contribution >= 0.6 is 0 Å². The molecule has 1 N–H and O–H groups in total. The minimum absolute atomic E-state index is 0.0391. The maximum absolute atomic E-state index is 14.4. The van der Waals surface area contributed by atoms with Crippen molar-refractivity contribution in [1.82, 2.24) is 14.9 Å². The number of benzene rings is 3. The second kappa shape index (κ2) is 7.85. The zero-order valence-corrected chi connectivity index (χ0v) is 21.2. The number of para-hydroxylation sites is 2. The first-order chi connectivity index (χ1) is 18.4. The number of anilines is 1. The van der Waals surface area contributed by atoms with Crippen molar-refractivity contribution in [2.75, 3.05) is 12.0 Å². The molecule has 190 valence electrons. The van der Waals surface area contributed by atoms with Crippen molar-refractivity contribution in [3.8, 4) is 11.4 Å². The number of fused-ring (bicyclic) bond motifs is 8. The minimum Gasteiger partial charge on any atom is -0.497 e. The normalized spacial score (nSPS) is 25.4. The number of aromatic nitrogens is 2. The van der Waals surface area contributed by atoms with Crippen LogP contribution < -0.4 is 20.5 Å². The predicted octanol–water partition coefficient (Wildman–Crippen LogP) is 3.38. The molecule has 4 heterocycles. The van der Waals surface area contributed by atoms with E-state index in [1.165, 1.54) is 4.90 Å². The molecule has 2 fully saturated rings. The van der Waals surface area contributed by atoms with E-state index in [0.29, 0.717) is 33.9 Å². The zero-order valence-electron chi connectivity index (χ0n) is 21.2. The van der Waals surface area contributed by atoms with E-state index in [1.807, 2.05) is 56.3 Å². The van der Waals surface area contributed by atoms with E-state index in [9.17, 15) is 14.4 Å². The fraction of sp³-hybridized carbons (Fsp3) is 0.267. The first kappa shape index (κ1) is 22.9. The van der Waals surface area contributed by atoms with Gasteiger partial charge in [-0.3, -0.25) is 24.3 Å². The number of methoxy groups -OCH3 is 1. The number of hydrogen-bond donors (Lipinski definition) is 1. The van der Waals surface area contributed by atoms with E-state index < -0.39 is 17.4 Å². The molecule has 38 heavy (non-hydrogen) atoms. The number of hydrogen-bond acceptors (Lipinski definition) is 6. The van der Waals surface area contributed by atoms with Crippen LogP contribution in [-0.2, 0) is 15.1 Å². The van der Waals surface area contributed by atoms with Gasteiger partial charge in [-0.15, -0.1) is 0 Å². The standard InChI is InChI=1S/C30H26N4O4/c1-16(2)25-23-24(28(37)33(27(23)36)17-9-8-10-18(15-17)38-3)30(32-25)20-12-5-7-14-22(20)34-26(35)19-11-4-6-13-21(19)31-29(30)34/h4-16,23-25,32H,1-3H3/t23-,24-,25-,30+/m1/s1. The van der Waals surface area contributed by atoms with Gasteiger partial charge in [0.05, 0.1) is 41.2 Å². The van der Waals surface area contributed by atoms with Crippen molar-refractivity contribution >= 4 is 28.4 Å². The average molecular weight is 507 g/mol. The topological polar surface area (TPSA) is 93.5 Å². The van der Waals surface area contributed by atoms with Crippen LogP contribution in [0.3, 0.4) is 0 Å². The van der Waals surface area contributed by atoms with E-state index in [4.69, 9.17) is 9.72 Å². The lowest BCUT2D eigenvalue weighted by Crippen LogP contribution is -2.51. The molecule has 2 amide bonds. The van der Waals surface area contributed by atoms with Crippen LogP contribution in [0.25, 0.3) is 16.6 Å². The van der Waals surface area contributed by atoms with E-state index in [1.54, 1.807) is 42.0 Å². The molecule has 3 aromatic carbocycles. The smallest absolute Gasteiger partial charge is 0.266 e. The molecule has 4 aromatic rings. The maximum atomic E-state index is 14.4.